The number of nitrogens with zero attached hydrogens (tertiary/aromatic N) is 1. The molecule has 1 aromatic heterocycles. The Balaban J connectivity index is 1.56. The normalized spacial score (nSPS) is 14.8. The predicted molar refractivity (Wildman–Crippen MR) is 138 cm³/mol. The summed E-state index contributed by atoms with van der Waals surface area (Å²) >= 11 is 16.0. The molecule has 5 rings (SSSR count). The molecule has 1 aliphatic rings. The maximum Gasteiger partial charge on any atom is 0.263 e. The average molecular weight is 537 g/mol. The van der Waals surface area contributed by atoms with Gasteiger partial charge in [0, 0.05) is 20.6 Å². The van der Waals surface area contributed by atoms with Gasteiger partial charge in [0.2, 0.25) is 0 Å². The van der Waals surface area contributed by atoms with Gasteiger partial charge in [-0.15, -0.1) is 0 Å². The molecule has 0 unspecified atom stereocenters. The summed E-state index contributed by atoms with van der Waals surface area (Å²) in [5.41, 5.74) is 3.65. The molecule has 2 heterocycles. The van der Waals surface area contributed by atoms with E-state index in [1.54, 1.807) is 29.2 Å². The minimum absolute atomic E-state index is 0.195. The summed E-state index contributed by atoms with van der Waals surface area (Å²) in [5, 5.41) is 0.905. The lowest BCUT2D eigenvalue weighted by molar-refractivity contribution is -0.113. The lowest BCUT2D eigenvalue weighted by Crippen LogP contribution is -2.25. The van der Waals surface area contributed by atoms with Crippen LogP contribution in [0, 0.1) is 0 Å². The Morgan fingerprint density at radius 3 is 2.33 bits per heavy atom. The zero-order valence-electron chi connectivity index (χ0n) is 17.1. The molecule has 6 heteroatoms. The van der Waals surface area contributed by atoms with Crippen molar-refractivity contribution in [1.82, 2.24) is 0 Å². The highest BCUT2D eigenvalue weighted by molar-refractivity contribution is 9.10. The second kappa shape index (κ2) is 9.06. The van der Waals surface area contributed by atoms with Crippen LogP contribution in [0.15, 0.2) is 105 Å². The van der Waals surface area contributed by atoms with Gasteiger partial charge in [-0.2, -0.15) is 0 Å². The summed E-state index contributed by atoms with van der Waals surface area (Å²) in [6.07, 6.45) is 3.60. The summed E-state index contributed by atoms with van der Waals surface area (Å²) in [7, 11) is 0. The molecular formula is C27H16BrCl2NO2. The molecule has 1 amide bonds. The van der Waals surface area contributed by atoms with Gasteiger partial charge in [-0.25, -0.2) is 0 Å². The Morgan fingerprint density at radius 1 is 0.848 bits per heavy atom. The number of halogens is 3. The molecule has 0 atom stereocenters. The van der Waals surface area contributed by atoms with Gasteiger partial charge in [0.25, 0.3) is 5.91 Å². The van der Waals surface area contributed by atoms with E-state index in [0.29, 0.717) is 27.1 Å². The Kier molecular flexibility index (Phi) is 5.98. The van der Waals surface area contributed by atoms with Crippen LogP contribution in [-0.2, 0) is 4.79 Å². The van der Waals surface area contributed by atoms with Gasteiger partial charge in [-0.3, -0.25) is 9.69 Å². The number of anilines is 1. The van der Waals surface area contributed by atoms with Gasteiger partial charge in [0.05, 0.1) is 16.4 Å². The molecule has 0 saturated heterocycles. The number of carbonyl (C=O) groups excluding carboxylic acids is 1. The van der Waals surface area contributed by atoms with E-state index in [9.17, 15) is 4.79 Å². The zero-order chi connectivity index (χ0) is 22.9. The third-order valence-corrected chi connectivity index (χ3v) is 6.32. The molecule has 4 aromatic rings. The second-order valence-electron chi connectivity index (χ2n) is 7.44. The maximum absolute atomic E-state index is 13.5. The topological polar surface area (TPSA) is 33.5 Å². The molecule has 0 bridgehead atoms. The molecule has 1 aliphatic heterocycles. The molecule has 0 aliphatic carbocycles. The fourth-order valence-corrected chi connectivity index (χ4v) is 4.45. The van der Waals surface area contributed by atoms with Crippen LogP contribution in [0.1, 0.15) is 11.3 Å². The molecule has 162 valence electrons. The van der Waals surface area contributed by atoms with Gasteiger partial charge < -0.3 is 4.42 Å². The molecule has 3 nitrogen and oxygen atoms in total. The van der Waals surface area contributed by atoms with Crippen LogP contribution in [0.25, 0.3) is 23.1 Å². The summed E-state index contributed by atoms with van der Waals surface area (Å²) in [6.45, 7) is 0. The van der Waals surface area contributed by atoms with Gasteiger partial charge in [0.15, 0.2) is 0 Å². The number of furan rings is 1. The Morgan fingerprint density at radius 2 is 1.61 bits per heavy atom. The van der Waals surface area contributed by atoms with Crippen LogP contribution in [-0.4, -0.2) is 5.91 Å². The standard InChI is InChI=1S/C27H16BrCl2NO2/c28-20-8-6-18(7-9-20)26-13-11-22(33-26)14-19-15-25(17-4-2-1-3-5-17)31(27(19)32)24-12-10-21(29)16-23(24)30/h1-16H/b19-14+. The van der Waals surface area contributed by atoms with Gasteiger partial charge in [-0.1, -0.05) is 81.6 Å². The SMILES string of the molecule is O=C1/C(=C/c2ccc(-c3ccc(Br)cc3)o2)C=C(c2ccccc2)N1c1ccc(Cl)cc1Cl. The Hall–Kier alpha value is -3.05. The summed E-state index contributed by atoms with van der Waals surface area (Å²) < 4.78 is 7.00. The Bertz CT molecular complexity index is 1410. The molecule has 0 radical (unpaired) electrons. The minimum Gasteiger partial charge on any atom is -0.457 e. The number of hydrogen-bond donors (Lipinski definition) is 0. The van der Waals surface area contributed by atoms with Crippen molar-refractivity contribution in [2.24, 2.45) is 0 Å². The molecule has 0 N–H and O–H groups in total. The fourth-order valence-electron chi connectivity index (χ4n) is 3.69. The Labute approximate surface area is 209 Å². The van der Waals surface area contributed by atoms with Crippen molar-refractivity contribution in [1.29, 1.82) is 0 Å². The highest BCUT2D eigenvalue weighted by atomic mass is 79.9. The number of amides is 1. The van der Waals surface area contributed by atoms with Crippen molar-refractivity contribution in [3.05, 3.63) is 122 Å². The molecule has 0 fully saturated rings. The third-order valence-electron chi connectivity index (χ3n) is 5.26. The van der Waals surface area contributed by atoms with Crippen LogP contribution in [0.4, 0.5) is 5.69 Å². The number of hydrogen-bond acceptors (Lipinski definition) is 2. The lowest BCUT2D eigenvalue weighted by Gasteiger charge is -2.22. The van der Waals surface area contributed by atoms with Crippen LogP contribution in [0.3, 0.4) is 0 Å². The largest absolute Gasteiger partial charge is 0.457 e. The third kappa shape index (κ3) is 4.42. The monoisotopic (exact) mass is 535 g/mol. The molecule has 0 spiro atoms. The van der Waals surface area contributed by atoms with Gasteiger partial charge in [-0.05, 0) is 60.2 Å². The summed E-state index contributed by atoms with van der Waals surface area (Å²) in [6, 6.07) is 26.4. The van der Waals surface area contributed by atoms with Crippen molar-refractivity contribution < 1.29 is 9.21 Å². The predicted octanol–water partition coefficient (Wildman–Crippen LogP) is 8.49. The first-order valence-corrected chi connectivity index (χ1v) is 11.7. The first kappa shape index (κ1) is 21.8. The first-order valence-electron chi connectivity index (χ1n) is 10.1. The maximum atomic E-state index is 13.5. The van der Waals surface area contributed by atoms with E-state index in [1.807, 2.05) is 72.8 Å². The van der Waals surface area contributed by atoms with E-state index in [2.05, 4.69) is 15.9 Å². The molecule has 0 saturated carbocycles. The minimum atomic E-state index is -0.195. The van der Waals surface area contributed by atoms with E-state index < -0.39 is 0 Å². The molecule has 33 heavy (non-hydrogen) atoms. The van der Waals surface area contributed by atoms with Crippen molar-refractivity contribution in [2.75, 3.05) is 4.90 Å². The van der Waals surface area contributed by atoms with Crippen LogP contribution in [0.2, 0.25) is 10.0 Å². The van der Waals surface area contributed by atoms with E-state index in [-0.39, 0.29) is 5.91 Å². The van der Waals surface area contributed by atoms with Gasteiger partial charge in [0.1, 0.15) is 11.5 Å². The zero-order valence-corrected chi connectivity index (χ0v) is 20.2. The number of rotatable bonds is 4. The fraction of sp³-hybridized carbons (Fsp3) is 0. The summed E-state index contributed by atoms with van der Waals surface area (Å²) in [4.78, 5) is 15.1. The quantitative estimate of drug-likeness (QED) is 0.245. The number of benzene rings is 3. The second-order valence-corrected chi connectivity index (χ2v) is 9.20. The number of carbonyl (C=O) groups is 1. The highest BCUT2D eigenvalue weighted by Gasteiger charge is 2.32. The van der Waals surface area contributed by atoms with Crippen LogP contribution >= 0.6 is 39.1 Å². The van der Waals surface area contributed by atoms with Crippen molar-refractivity contribution in [3.63, 3.8) is 0 Å². The summed E-state index contributed by atoms with van der Waals surface area (Å²) in [5.74, 6) is 1.12. The van der Waals surface area contributed by atoms with E-state index in [1.165, 1.54) is 0 Å². The van der Waals surface area contributed by atoms with E-state index in [4.69, 9.17) is 27.6 Å². The molecular weight excluding hydrogens is 521 g/mol. The highest BCUT2D eigenvalue weighted by Crippen LogP contribution is 2.39. The van der Waals surface area contributed by atoms with Crippen LogP contribution in [0.5, 0.6) is 0 Å². The van der Waals surface area contributed by atoms with Crippen molar-refractivity contribution in [2.45, 2.75) is 0 Å². The smallest absolute Gasteiger partial charge is 0.263 e. The first-order chi connectivity index (χ1) is 16.0. The van der Waals surface area contributed by atoms with Gasteiger partial charge >= 0.3 is 0 Å². The molecule has 3 aromatic carbocycles. The van der Waals surface area contributed by atoms with E-state index >= 15 is 0 Å². The van der Waals surface area contributed by atoms with Crippen LogP contribution < -0.4 is 4.90 Å². The van der Waals surface area contributed by atoms with Crippen molar-refractivity contribution >= 4 is 62.5 Å². The van der Waals surface area contributed by atoms with Crippen molar-refractivity contribution in [3.8, 4) is 11.3 Å². The average Bonchev–Trinajstić information content (AvgIpc) is 3.40. The lowest BCUT2D eigenvalue weighted by atomic mass is 10.1. The van der Waals surface area contributed by atoms with E-state index in [0.717, 1.165) is 27.1 Å².